The Hall–Kier alpha value is -1.28. The molecule has 1 aromatic rings. The van der Waals surface area contributed by atoms with Crippen LogP contribution >= 0.6 is 0 Å². The highest BCUT2D eigenvalue weighted by molar-refractivity contribution is 5.46. The molecule has 1 unspecified atom stereocenters. The van der Waals surface area contributed by atoms with E-state index in [0.29, 0.717) is 0 Å². The van der Waals surface area contributed by atoms with Crippen molar-refractivity contribution in [3.63, 3.8) is 0 Å². The third-order valence-corrected chi connectivity index (χ3v) is 5.18. The predicted octanol–water partition coefficient (Wildman–Crippen LogP) is 3.52. The van der Waals surface area contributed by atoms with Crippen molar-refractivity contribution in [1.82, 2.24) is 4.90 Å². The summed E-state index contributed by atoms with van der Waals surface area (Å²) >= 11 is 0. The van der Waals surface area contributed by atoms with Crippen LogP contribution in [-0.4, -0.2) is 30.6 Å². The van der Waals surface area contributed by atoms with Crippen molar-refractivity contribution >= 4 is 0 Å². The van der Waals surface area contributed by atoms with Crippen LogP contribution in [0.25, 0.3) is 0 Å². The normalized spacial score (nSPS) is 29.4. The standard InChI is InChI=1S/C18H23NO/c1-13(2)14-9-18(11-19(10-14)15-7-8-15)12-20-17-6-4-3-5-16(17)18/h3-6,15H,7-12H2,1-2H3. The lowest BCUT2D eigenvalue weighted by Gasteiger charge is -2.42. The van der Waals surface area contributed by atoms with Crippen LogP contribution in [0.2, 0.25) is 0 Å². The van der Waals surface area contributed by atoms with Gasteiger partial charge in [-0.2, -0.15) is 0 Å². The van der Waals surface area contributed by atoms with Gasteiger partial charge in [-0.25, -0.2) is 0 Å². The second kappa shape index (κ2) is 4.36. The van der Waals surface area contributed by atoms with Gasteiger partial charge in [0.25, 0.3) is 0 Å². The minimum Gasteiger partial charge on any atom is -0.492 e. The van der Waals surface area contributed by atoms with E-state index in [1.165, 1.54) is 43.5 Å². The van der Waals surface area contributed by atoms with E-state index in [2.05, 4.69) is 43.0 Å². The number of allylic oxidation sites excluding steroid dienone is 1. The van der Waals surface area contributed by atoms with E-state index >= 15 is 0 Å². The largest absolute Gasteiger partial charge is 0.492 e. The molecule has 4 rings (SSSR count). The first-order valence-corrected chi connectivity index (χ1v) is 7.80. The molecule has 3 aliphatic rings. The number of fused-ring (bicyclic) bond motifs is 2. The smallest absolute Gasteiger partial charge is 0.123 e. The molecule has 0 radical (unpaired) electrons. The van der Waals surface area contributed by atoms with E-state index in [9.17, 15) is 0 Å². The summed E-state index contributed by atoms with van der Waals surface area (Å²) in [5.74, 6) is 1.11. The Bertz CT molecular complexity index is 569. The number of rotatable bonds is 1. The van der Waals surface area contributed by atoms with Crippen LogP contribution < -0.4 is 4.74 Å². The highest BCUT2D eigenvalue weighted by Gasteiger charge is 2.47. The summed E-state index contributed by atoms with van der Waals surface area (Å²) in [6, 6.07) is 9.48. The number of ether oxygens (including phenoxy) is 1. The molecule has 1 saturated carbocycles. The Kier molecular flexibility index (Phi) is 2.71. The van der Waals surface area contributed by atoms with Crippen LogP contribution in [0.3, 0.4) is 0 Å². The van der Waals surface area contributed by atoms with Crippen molar-refractivity contribution in [2.24, 2.45) is 0 Å². The zero-order chi connectivity index (χ0) is 13.7. The summed E-state index contributed by atoms with van der Waals surface area (Å²) in [6.07, 6.45) is 3.94. The van der Waals surface area contributed by atoms with E-state index in [1.54, 1.807) is 5.57 Å². The maximum atomic E-state index is 6.02. The molecule has 1 aromatic carbocycles. The molecule has 2 heterocycles. The third kappa shape index (κ3) is 1.89. The maximum Gasteiger partial charge on any atom is 0.123 e. The second-order valence-corrected chi connectivity index (χ2v) is 6.98. The summed E-state index contributed by atoms with van der Waals surface area (Å²) in [6.45, 7) is 7.73. The Morgan fingerprint density at radius 3 is 2.80 bits per heavy atom. The van der Waals surface area contributed by atoms with Gasteiger partial charge in [-0.05, 0) is 39.2 Å². The molecule has 0 amide bonds. The lowest BCUT2D eigenvalue weighted by Crippen LogP contribution is -2.49. The first kappa shape index (κ1) is 12.5. The van der Waals surface area contributed by atoms with Crippen LogP contribution in [0.4, 0.5) is 0 Å². The minimum absolute atomic E-state index is 0.198. The minimum atomic E-state index is 0.198. The second-order valence-electron chi connectivity index (χ2n) is 6.98. The lowest BCUT2D eigenvalue weighted by atomic mass is 9.73. The molecule has 2 fully saturated rings. The van der Waals surface area contributed by atoms with E-state index in [-0.39, 0.29) is 5.41 Å². The van der Waals surface area contributed by atoms with Crippen molar-refractivity contribution in [2.75, 3.05) is 19.7 Å². The monoisotopic (exact) mass is 269 g/mol. The van der Waals surface area contributed by atoms with Gasteiger partial charge in [0.1, 0.15) is 5.75 Å². The summed E-state index contributed by atoms with van der Waals surface area (Å²) in [4.78, 5) is 2.71. The van der Waals surface area contributed by atoms with E-state index in [1.807, 2.05) is 0 Å². The highest BCUT2D eigenvalue weighted by atomic mass is 16.5. The number of hydrogen-bond donors (Lipinski definition) is 0. The van der Waals surface area contributed by atoms with Crippen molar-refractivity contribution in [3.05, 3.63) is 41.0 Å². The topological polar surface area (TPSA) is 12.5 Å². The van der Waals surface area contributed by atoms with Gasteiger partial charge in [-0.15, -0.1) is 0 Å². The fourth-order valence-electron chi connectivity index (χ4n) is 3.84. The quantitative estimate of drug-likeness (QED) is 0.723. The summed E-state index contributed by atoms with van der Waals surface area (Å²) in [7, 11) is 0. The number of likely N-dealkylation sites (tertiary alicyclic amines) is 1. The fourth-order valence-corrected chi connectivity index (χ4v) is 3.84. The first-order valence-electron chi connectivity index (χ1n) is 7.80. The summed E-state index contributed by atoms with van der Waals surface area (Å²) in [5, 5.41) is 0. The van der Waals surface area contributed by atoms with Crippen molar-refractivity contribution in [1.29, 1.82) is 0 Å². The molecule has 2 aliphatic heterocycles. The Morgan fingerprint density at radius 1 is 1.25 bits per heavy atom. The van der Waals surface area contributed by atoms with Gasteiger partial charge in [-0.1, -0.05) is 29.3 Å². The van der Waals surface area contributed by atoms with Gasteiger partial charge in [0.05, 0.1) is 6.61 Å². The summed E-state index contributed by atoms with van der Waals surface area (Å²) < 4.78 is 6.02. The van der Waals surface area contributed by atoms with E-state index in [0.717, 1.165) is 18.4 Å². The van der Waals surface area contributed by atoms with Crippen molar-refractivity contribution in [2.45, 2.75) is 44.6 Å². The molecule has 20 heavy (non-hydrogen) atoms. The van der Waals surface area contributed by atoms with Crippen LogP contribution in [-0.2, 0) is 5.41 Å². The van der Waals surface area contributed by atoms with Gasteiger partial charge >= 0.3 is 0 Å². The van der Waals surface area contributed by atoms with Gasteiger partial charge in [0, 0.05) is 30.1 Å². The lowest BCUT2D eigenvalue weighted by molar-refractivity contribution is 0.145. The molecule has 106 valence electrons. The van der Waals surface area contributed by atoms with E-state index < -0.39 is 0 Å². The SMILES string of the molecule is CC(C)=C1CN(C2CC2)CC2(COc3ccccc32)C1. The Morgan fingerprint density at radius 2 is 2.05 bits per heavy atom. The molecule has 1 aliphatic carbocycles. The zero-order valence-corrected chi connectivity index (χ0v) is 12.5. The summed E-state index contributed by atoms with van der Waals surface area (Å²) in [5.41, 5.74) is 4.76. The molecular formula is C18H23NO. The van der Waals surface area contributed by atoms with Gasteiger partial charge in [0.2, 0.25) is 0 Å². The molecule has 1 atom stereocenters. The van der Waals surface area contributed by atoms with Gasteiger partial charge in [0.15, 0.2) is 0 Å². The third-order valence-electron chi connectivity index (χ3n) is 5.18. The number of benzene rings is 1. The van der Waals surface area contributed by atoms with Gasteiger partial charge < -0.3 is 4.74 Å². The van der Waals surface area contributed by atoms with Crippen LogP contribution in [0.1, 0.15) is 38.7 Å². The molecule has 0 bridgehead atoms. The van der Waals surface area contributed by atoms with Gasteiger partial charge in [-0.3, -0.25) is 4.90 Å². The molecule has 0 aromatic heterocycles. The van der Waals surface area contributed by atoms with Crippen LogP contribution in [0.15, 0.2) is 35.4 Å². The van der Waals surface area contributed by atoms with Crippen molar-refractivity contribution in [3.8, 4) is 5.75 Å². The van der Waals surface area contributed by atoms with Crippen molar-refractivity contribution < 1.29 is 4.74 Å². The molecule has 1 spiro atoms. The average Bonchev–Trinajstić information content (AvgIpc) is 3.25. The van der Waals surface area contributed by atoms with Crippen LogP contribution in [0, 0.1) is 0 Å². The Labute approximate surface area is 121 Å². The average molecular weight is 269 g/mol. The highest BCUT2D eigenvalue weighted by Crippen LogP contribution is 2.47. The molecular weight excluding hydrogens is 246 g/mol. The molecule has 2 heteroatoms. The Balaban J connectivity index is 1.75. The number of nitrogens with zero attached hydrogens (tertiary/aromatic N) is 1. The number of hydrogen-bond acceptors (Lipinski definition) is 2. The van der Waals surface area contributed by atoms with Crippen LogP contribution in [0.5, 0.6) is 5.75 Å². The number of para-hydroxylation sites is 1. The van der Waals surface area contributed by atoms with E-state index in [4.69, 9.17) is 4.74 Å². The molecule has 2 nitrogen and oxygen atoms in total. The molecule has 0 N–H and O–H groups in total. The fraction of sp³-hybridized carbons (Fsp3) is 0.556. The maximum absolute atomic E-state index is 6.02. The predicted molar refractivity (Wildman–Crippen MR) is 81.2 cm³/mol. The zero-order valence-electron chi connectivity index (χ0n) is 12.5. The first-order chi connectivity index (χ1) is 9.68. The molecule has 1 saturated heterocycles. The number of piperidine rings is 1.